The van der Waals surface area contributed by atoms with Crippen molar-refractivity contribution in [2.45, 2.75) is 6.18 Å². The van der Waals surface area contributed by atoms with E-state index in [2.05, 4.69) is 20.2 Å². The molecule has 0 unspecified atom stereocenters. The number of hydrogen-bond acceptors (Lipinski definition) is 4. The van der Waals surface area contributed by atoms with Crippen molar-refractivity contribution in [3.63, 3.8) is 0 Å². The minimum Gasteiger partial charge on any atom is -0.352 e. The Kier molecular flexibility index (Phi) is 5.47. The first-order valence-corrected chi connectivity index (χ1v) is 8.57. The summed E-state index contributed by atoms with van der Waals surface area (Å²) < 4.78 is 38.9. The van der Waals surface area contributed by atoms with Crippen LogP contribution in [-0.2, 0) is 6.18 Å². The SMILES string of the molecule is FC(F)(F)c1cc(NC(=S)N2CCN(c3cnccn3)CC2)ccc1Cl. The maximum Gasteiger partial charge on any atom is 0.417 e. The predicted molar refractivity (Wildman–Crippen MR) is 98.5 cm³/mol. The van der Waals surface area contributed by atoms with Crippen LogP contribution >= 0.6 is 23.8 Å². The molecule has 0 atom stereocenters. The number of anilines is 2. The number of hydrogen-bond donors (Lipinski definition) is 1. The van der Waals surface area contributed by atoms with Crippen LogP contribution in [-0.4, -0.2) is 46.2 Å². The van der Waals surface area contributed by atoms with Gasteiger partial charge in [-0.1, -0.05) is 11.6 Å². The van der Waals surface area contributed by atoms with Gasteiger partial charge in [0, 0.05) is 44.3 Å². The monoisotopic (exact) mass is 401 g/mol. The summed E-state index contributed by atoms with van der Waals surface area (Å²) >= 11 is 11.0. The Labute approximate surface area is 158 Å². The lowest BCUT2D eigenvalue weighted by Gasteiger charge is -2.36. The molecule has 2 aromatic rings. The van der Waals surface area contributed by atoms with Gasteiger partial charge >= 0.3 is 6.18 Å². The average molecular weight is 402 g/mol. The van der Waals surface area contributed by atoms with Crippen molar-refractivity contribution in [3.8, 4) is 0 Å². The van der Waals surface area contributed by atoms with E-state index in [1.165, 1.54) is 12.1 Å². The van der Waals surface area contributed by atoms with Gasteiger partial charge in [-0.25, -0.2) is 4.98 Å². The van der Waals surface area contributed by atoms with Gasteiger partial charge < -0.3 is 15.1 Å². The first kappa shape index (κ1) is 18.7. The van der Waals surface area contributed by atoms with E-state index in [9.17, 15) is 13.2 Å². The summed E-state index contributed by atoms with van der Waals surface area (Å²) in [5.41, 5.74) is -0.637. The first-order valence-electron chi connectivity index (χ1n) is 7.78. The number of piperazine rings is 1. The second-order valence-corrected chi connectivity index (χ2v) is 6.45. The van der Waals surface area contributed by atoms with Gasteiger partial charge in [-0.05, 0) is 30.4 Å². The van der Waals surface area contributed by atoms with Crippen LogP contribution in [0.2, 0.25) is 5.02 Å². The van der Waals surface area contributed by atoms with Crippen molar-refractivity contribution in [2.75, 3.05) is 36.4 Å². The topological polar surface area (TPSA) is 44.3 Å². The zero-order valence-electron chi connectivity index (χ0n) is 13.5. The van der Waals surface area contributed by atoms with E-state index in [0.717, 1.165) is 11.9 Å². The molecule has 3 rings (SSSR count). The highest BCUT2D eigenvalue weighted by Gasteiger charge is 2.33. The van der Waals surface area contributed by atoms with Crippen LogP contribution in [0.1, 0.15) is 5.56 Å². The highest BCUT2D eigenvalue weighted by Crippen LogP contribution is 2.36. The maximum absolute atomic E-state index is 13.0. The second-order valence-electron chi connectivity index (χ2n) is 5.66. The first-order chi connectivity index (χ1) is 12.3. The van der Waals surface area contributed by atoms with Gasteiger partial charge in [-0.3, -0.25) is 4.98 Å². The van der Waals surface area contributed by atoms with Gasteiger partial charge in [0.2, 0.25) is 0 Å². The second kappa shape index (κ2) is 7.63. The minimum atomic E-state index is -4.52. The lowest BCUT2D eigenvalue weighted by Crippen LogP contribution is -2.50. The number of thiocarbonyl (C=S) groups is 1. The van der Waals surface area contributed by atoms with Crippen LogP contribution in [0.4, 0.5) is 24.7 Å². The summed E-state index contributed by atoms with van der Waals surface area (Å²) in [5.74, 6) is 0.790. The molecule has 5 nitrogen and oxygen atoms in total. The van der Waals surface area contributed by atoms with Crippen molar-refractivity contribution >= 4 is 40.4 Å². The summed E-state index contributed by atoms with van der Waals surface area (Å²) in [5, 5.41) is 2.89. The summed E-state index contributed by atoms with van der Waals surface area (Å²) in [6.07, 6.45) is 0.421. The van der Waals surface area contributed by atoms with E-state index >= 15 is 0 Å². The molecule has 1 fully saturated rings. The third-order valence-corrected chi connectivity index (χ3v) is 4.65. The molecule has 0 aliphatic carbocycles. The molecule has 1 aliphatic rings. The number of benzene rings is 1. The van der Waals surface area contributed by atoms with Crippen LogP contribution in [0.25, 0.3) is 0 Å². The third kappa shape index (κ3) is 4.34. The van der Waals surface area contributed by atoms with Crippen LogP contribution in [0.15, 0.2) is 36.8 Å². The molecule has 1 saturated heterocycles. The summed E-state index contributed by atoms with van der Waals surface area (Å²) in [6, 6.07) is 3.64. The molecule has 1 aliphatic heterocycles. The molecule has 0 saturated carbocycles. The highest BCUT2D eigenvalue weighted by molar-refractivity contribution is 7.80. The van der Waals surface area contributed by atoms with Crippen molar-refractivity contribution in [2.24, 2.45) is 0 Å². The largest absolute Gasteiger partial charge is 0.417 e. The van der Waals surface area contributed by atoms with Crippen molar-refractivity contribution < 1.29 is 13.2 Å². The standard InChI is InChI=1S/C16H15ClF3N5S/c17-13-2-1-11(9-12(13)16(18,19)20)23-15(26)25-7-5-24(6-8-25)14-10-21-3-4-22-14/h1-4,9-10H,5-8H2,(H,23,26). The Hall–Kier alpha value is -2.13. The number of nitrogens with zero attached hydrogens (tertiary/aromatic N) is 4. The normalized spacial score (nSPS) is 15.1. The Morgan fingerprint density at radius 2 is 1.88 bits per heavy atom. The molecule has 0 spiro atoms. The molecule has 2 heterocycles. The molecule has 138 valence electrons. The molecule has 0 radical (unpaired) electrons. The van der Waals surface area contributed by atoms with E-state index in [-0.39, 0.29) is 10.7 Å². The fourth-order valence-corrected chi connectivity index (χ4v) is 3.14. The number of nitrogens with one attached hydrogen (secondary N) is 1. The minimum absolute atomic E-state index is 0.253. The van der Waals surface area contributed by atoms with Crippen LogP contribution in [0, 0.1) is 0 Å². The van der Waals surface area contributed by atoms with E-state index in [0.29, 0.717) is 31.3 Å². The van der Waals surface area contributed by atoms with Crippen molar-refractivity contribution in [1.82, 2.24) is 14.9 Å². The van der Waals surface area contributed by atoms with Gasteiger partial charge in [0.15, 0.2) is 5.11 Å². The fraction of sp³-hybridized carbons (Fsp3) is 0.312. The maximum atomic E-state index is 13.0. The highest BCUT2D eigenvalue weighted by atomic mass is 35.5. The average Bonchev–Trinajstić information content (AvgIpc) is 2.63. The quantitative estimate of drug-likeness (QED) is 0.775. The van der Waals surface area contributed by atoms with E-state index in [4.69, 9.17) is 23.8 Å². The van der Waals surface area contributed by atoms with Crippen LogP contribution in [0.3, 0.4) is 0 Å². The van der Waals surface area contributed by atoms with Gasteiger partial charge in [-0.2, -0.15) is 13.2 Å². The number of alkyl halides is 3. The van der Waals surface area contributed by atoms with Crippen molar-refractivity contribution in [1.29, 1.82) is 0 Å². The van der Waals surface area contributed by atoms with Crippen molar-refractivity contribution in [3.05, 3.63) is 47.4 Å². The molecular formula is C16H15ClF3N5S. The molecule has 1 aromatic heterocycles. The predicted octanol–water partition coefficient (Wildman–Crippen LogP) is 3.67. The Bertz CT molecular complexity index is 779. The van der Waals surface area contributed by atoms with Crippen LogP contribution in [0.5, 0.6) is 0 Å². The number of halogens is 4. The van der Waals surface area contributed by atoms with Gasteiger partial charge in [0.05, 0.1) is 16.8 Å². The molecule has 0 amide bonds. The lowest BCUT2D eigenvalue weighted by molar-refractivity contribution is -0.137. The molecular weight excluding hydrogens is 387 g/mol. The van der Waals surface area contributed by atoms with Gasteiger partial charge in [0.25, 0.3) is 0 Å². The number of aromatic nitrogens is 2. The summed E-state index contributed by atoms with van der Waals surface area (Å²) in [6.45, 7) is 2.63. The Morgan fingerprint density at radius 1 is 1.15 bits per heavy atom. The summed E-state index contributed by atoms with van der Waals surface area (Å²) in [7, 11) is 0. The molecule has 1 N–H and O–H groups in total. The molecule has 0 bridgehead atoms. The Morgan fingerprint density at radius 3 is 2.50 bits per heavy atom. The smallest absolute Gasteiger partial charge is 0.352 e. The summed E-state index contributed by atoms with van der Waals surface area (Å²) in [4.78, 5) is 12.3. The van der Waals surface area contributed by atoms with Crippen LogP contribution < -0.4 is 10.2 Å². The zero-order valence-corrected chi connectivity index (χ0v) is 15.1. The Balaban J connectivity index is 1.61. The molecule has 10 heteroatoms. The van der Waals surface area contributed by atoms with E-state index < -0.39 is 11.7 Å². The number of rotatable bonds is 2. The molecule has 1 aromatic carbocycles. The molecule has 26 heavy (non-hydrogen) atoms. The zero-order chi connectivity index (χ0) is 18.7. The van der Waals surface area contributed by atoms with Gasteiger partial charge in [-0.15, -0.1) is 0 Å². The third-order valence-electron chi connectivity index (χ3n) is 3.96. The fourth-order valence-electron chi connectivity index (χ4n) is 2.62. The van der Waals surface area contributed by atoms with E-state index in [1.807, 2.05) is 4.90 Å². The van der Waals surface area contributed by atoms with E-state index in [1.54, 1.807) is 18.6 Å². The van der Waals surface area contributed by atoms with Gasteiger partial charge in [0.1, 0.15) is 5.82 Å². The lowest BCUT2D eigenvalue weighted by atomic mass is 10.2.